The number of carboxylic acid groups (broad SMARTS) is 1. The smallest absolute Gasteiger partial charge is 0.307 e. The molecule has 0 heterocycles. The number of rotatable bonds is 10. The number of hydrogen-bond donors (Lipinski definition) is 2. The van der Waals surface area contributed by atoms with Crippen LogP contribution in [0.4, 0.5) is 5.69 Å². The maximum Gasteiger partial charge on any atom is 0.307 e. The van der Waals surface area contributed by atoms with Crippen LogP contribution in [-0.4, -0.2) is 30.7 Å². The third kappa shape index (κ3) is 5.98. The summed E-state index contributed by atoms with van der Waals surface area (Å²) in [6, 6.07) is 10.1. The maximum atomic E-state index is 13.1. The summed E-state index contributed by atoms with van der Waals surface area (Å²) in [6.45, 7) is 4.54. The second-order valence-corrected chi connectivity index (χ2v) is 9.91. The van der Waals surface area contributed by atoms with Crippen LogP contribution in [-0.2, 0) is 16.0 Å². The Balaban J connectivity index is 1.63. The standard InChI is InChI=1S/C29H37NO5/c1-4-35-27-17-21(16-26(34-3)18(27)2)23-14-13-22(15-20(23)12-11-19-9-10-19)30-28(31)24-7-5-6-8-25(24)29(32)33/h13-17,19,24-25H,4-12H2,1-3H3,(H,30,31)(H,32,33). The van der Waals surface area contributed by atoms with E-state index in [1.54, 1.807) is 7.11 Å². The number of hydrogen-bond acceptors (Lipinski definition) is 4. The number of nitrogens with one attached hydrogen (secondary N) is 1. The Hall–Kier alpha value is -3.02. The minimum absolute atomic E-state index is 0.186. The molecule has 2 fully saturated rings. The molecular weight excluding hydrogens is 442 g/mol. The topological polar surface area (TPSA) is 84.9 Å². The van der Waals surface area contributed by atoms with Crippen LogP contribution < -0.4 is 14.8 Å². The molecule has 2 aromatic rings. The highest BCUT2D eigenvalue weighted by Crippen LogP contribution is 2.39. The van der Waals surface area contributed by atoms with Crippen LogP contribution in [0.25, 0.3) is 11.1 Å². The minimum atomic E-state index is -0.872. The van der Waals surface area contributed by atoms with Crippen LogP contribution in [0.3, 0.4) is 0 Å². The molecule has 0 bridgehead atoms. The van der Waals surface area contributed by atoms with Crippen molar-refractivity contribution >= 4 is 17.6 Å². The van der Waals surface area contributed by atoms with Gasteiger partial charge in [0.2, 0.25) is 5.91 Å². The fraction of sp³-hybridized carbons (Fsp3) is 0.517. The van der Waals surface area contributed by atoms with Crippen molar-refractivity contribution in [2.24, 2.45) is 17.8 Å². The van der Waals surface area contributed by atoms with E-state index in [0.717, 1.165) is 65.5 Å². The molecule has 2 aromatic carbocycles. The third-order valence-electron chi connectivity index (χ3n) is 7.45. The van der Waals surface area contributed by atoms with Crippen LogP contribution in [0.1, 0.15) is 63.0 Å². The number of benzene rings is 2. The van der Waals surface area contributed by atoms with Gasteiger partial charge in [-0.25, -0.2) is 0 Å². The third-order valence-corrected chi connectivity index (χ3v) is 7.45. The van der Waals surface area contributed by atoms with Gasteiger partial charge in [-0.15, -0.1) is 0 Å². The van der Waals surface area contributed by atoms with Crippen molar-refractivity contribution in [3.8, 4) is 22.6 Å². The zero-order valence-electron chi connectivity index (χ0n) is 21.1. The first kappa shape index (κ1) is 25.1. The Labute approximate surface area is 208 Å². The first-order valence-corrected chi connectivity index (χ1v) is 12.9. The van der Waals surface area contributed by atoms with Crippen LogP contribution in [0, 0.1) is 24.7 Å². The molecule has 2 atom stereocenters. The number of anilines is 1. The van der Waals surface area contributed by atoms with Gasteiger partial charge in [-0.2, -0.15) is 0 Å². The van der Waals surface area contributed by atoms with Crippen molar-refractivity contribution < 1.29 is 24.2 Å². The minimum Gasteiger partial charge on any atom is -0.496 e. The van der Waals surface area contributed by atoms with Crippen molar-refractivity contribution in [1.82, 2.24) is 0 Å². The summed E-state index contributed by atoms with van der Waals surface area (Å²) in [5.74, 6) is 0.238. The van der Waals surface area contributed by atoms with Gasteiger partial charge in [-0.05, 0) is 86.4 Å². The number of aryl methyl sites for hydroxylation is 1. The highest BCUT2D eigenvalue weighted by molar-refractivity contribution is 5.95. The fourth-order valence-electron chi connectivity index (χ4n) is 5.24. The van der Waals surface area contributed by atoms with Crippen molar-refractivity contribution in [2.45, 2.75) is 65.2 Å². The summed E-state index contributed by atoms with van der Waals surface area (Å²) in [5.41, 5.74) is 4.99. The van der Waals surface area contributed by atoms with E-state index in [0.29, 0.717) is 19.4 Å². The van der Waals surface area contributed by atoms with Gasteiger partial charge in [-0.1, -0.05) is 31.7 Å². The summed E-state index contributed by atoms with van der Waals surface area (Å²) in [4.78, 5) is 24.7. The lowest BCUT2D eigenvalue weighted by Gasteiger charge is -2.27. The molecule has 2 N–H and O–H groups in total. The van der Waals surface area contributed by atoms with Gasteiger partial charge in [0.25, 0.3) is 0 Å². The number of amides is 1. The Morgan fingerprint density at radius 3 is 2.40 bits per heavy atom. The Morgan fingerprint density at radius 1 is 1.03 bits per heavy atom. The van der Waals surface area contributed by atoms with E-state index in [-0.39, 0.29) is 5.91 Å². The monoisotopic (exact) mass is 479 g/mol. The number of methoxy groups -OCH3 is 1. The van der Waals surface area contributed by atoms with Crippen LogP contribution in [0.15, 0.2) is 30.3 Å². The molecule has 2 unspecified atom stereocenters. The summed E-state index contributed by atoms with van der Waals surface area (Å²) in [5, 5.41) is 12.6. The Bertz CT molecular complexity index is 1070. The molecule has 2 saturated carbocycles. The van der Waals surface area contributed by atoms with E-state index >= 15 is 0 Å². The van der Waals surface area contributed by atoms with Crippen LogP contribution in [0.2, 0.25) is 0 Å². The van der Waals surface area contributed by atoms with Crippen molar-refractivity contribution in [1.29, 1.82) is 0 Å². The molecule has 0 radical (unpaired) electrons. The summed E-state index contributed by atoms with van der Waals surface area (Å²) in [6.07, 6.45) is 7.57. The molecule has 35 heavy (non-hydrogen) atoms. The molecule has 1 amide bonds. The SMILES string of the molecule is CCOc1cc(-c2ccc(NC(=O)C3CCCCC3C(=O)O)cc2CCC2CC2)cc(OC)c1C. The number of carboxylic acids is 1. The number of carbonyl (C=O) groups is 2. The van der Waals surface area contributed by atoms with Gasteiger partial charge in [0.15, 0.2) is 0 Å². The highest BCUT2D eigenvalue weighted by Gasteiger charge is 2.35. The first-order valence-electron chi connectivity index (χ1n) is 12.9. The molecule has 0 aromatic heterocycles. The second kappa shape index (κ2) is 11.1. The predicted molar refractivity (Wildman–Crippen MR) is 137 cm³/mol. The Morgan fingerprint density at radius 2 is 1.74 bits per heavy atom. The molecule has 4 rings (SSSR count). The fourth-order valence-corrected chi connectivity index (χ4v) is 5.24. The van der Waals surface area contributed by atoms with Crippen molar-refractivity contribution in [3.63, 3.8) is 0 Å². The lowest BCUT2D eigenvalue weighted by Crippen LogP contribution is -2.36. The normalized spacial score (nSPS) is 19.7. The van der Waals surface area contributed by atoms with Gasteiger partial charge in [0.1, 0.15) is 11.5 Å². The quantitative estimate of drug-likeness (QED) is 0.421. The molecule has 6 nitrogen and oxygen atoms in total. The number of aliphatic carboxylic acids is 1. The average Bonchev–Trinajstić information content (AvgIpc) is 3.69. The zero-order chi connectivity index (χ0) is 24.9. The average molecular weight is 480 g/mol. The van der Waals surface area contributed by atoms with Crippen molar-refractivity contribution in [2.75, 3.05) is 19.0 Å². The second-order valence-electron chi connectivity index (χ2n) is 9.91. The lowest BCUT2D eigenvalue weighted by molar-refractivity contribution is -0.147. The molecule has 0 spiro atoms. The van der Waals surface area contributed by atoms with Gasteiger partial charge < -0.3 is 19.9 Å². The van der Waals surface area contributed by atoms with E-state index in [9.17, 15) is 14.7 Å². The molecule has 0 aliphatic heterocycles. The predicted octanol–water partition coefficient (Wildman–Crippen LogP) is 6.24. The van der Waals surface area contributed by atoms with E-state index in [1.165, 1.54) is 18.4 Å². The Kier molecular flexibility index (Phi) is 7.99. The van der Waals surface area contributed by atoms with Gasteiger partial charge in [0, 0.05) is 11.3 Å². The number of carbonyl (C=O) groups excluding carboxylic acids is 1. The maximum absolute atomic E-state index is 13.1. The van der Waals surface area contributed by atoms with Gasteiger partial charge in [0.05, 0.1) is 25.6 Å². The van der Waals surface area contributed by atoms with E-state index in [2.05, 4.69) is 17.4 Å². The summed E-state index contributed by atoms with van der Waals surface area (Å²) < 4.78 is 11.5. The van der Waals surface area contributed by atoms with Crippen molar-refractivity contribution in [3.05, 3.63) is 41.5 Å². The molecule has 2 aliphatic carbocycles. The number of ether oxygens (including phenoxy) is 2. The first-order chi connectivity index (χ1) is 16.9. The van der Waals surface area contributed by atoms with Crippen LogP contribution in [0.5, 0.6) is 11.5 Å². The van der Waals surface area contributed by atoms with Gasteiger partial charge in [-0.3, -0.25) is 9.59 Å². The molecule has 2 aliphatic rings. The molecule has 6 heteroatoms. The van der Waals surface area contributed by atoms with E-state index in [4.69, 9.17) is 9.47 Å². The molecule has 0 saturated heterocycles. The van der Waals surface area contributed by atoms with Crippen LogP contribution >= 0.6 is 0 Å². The molecular formula is C29H37NO5. The zero-order valence-corrected chi connectivity index (χ0v) is 21.1. The largest absolute Gasteiger partial charge is 0.496 e. The highest BCUT2D eigenvalue weighted by atomic mass is 16.5. The lowest BCUT2D eigenvalue weighted by atomic mass is 9.78. The summed E-state index contributed by atoms with van der Waals surface area (Å²) >= 11 is 0. The summed E-state index contributed by atoms with van der Waals surface area (Å²) in [7, 11) is 1.67. The van der Waals surface area contributed by atoms with Gasteiger partial charge >= 0.3 is 5.97 Å². The van der Waals surface area contributed by atoms with E-state index in [1.807, 2.05) is 32.0 Å². The molecule has 188 valence electrons. The van der Waals surface area contributed by atoms with E-state index < -0.39 is 17.8 Å².